The van der Waals surface area contributed by atoms with E-state index in [1.165, 1.54) is 0 Å². The molecule has 0 aliphatic heterocycles. The molecular weight excluding hydrogens is 184 g/mol. The van der Waals surface area contributed by atoms with Gasteiger partial charge in [0.25, 0.3) is 0 Å². The van der Waals surface area contributed by atoms with Gasteiger partial charge < -0.3 is 5.73 Å². The van der Waals surface area contributed by atoms with Crippen LogP contribution in [0.15, 0.2) is 0 Å². The van der Waals surface area contributed by atoms with Crippen molar-refractivity contribution >= 4 is 18.5 Å². The molecule has 13 heavy (non-hydrogen) atoms. The van der Waals surface area contributed by atoms with Gasteiger partial charge in [0.05, 0.1) is 11.8 Å². The Morgan fingerprint density at radius 1 is 1.31 bits per heavy atom. The quantitative estimate of drug-likeness (QED) is 0.523. The van der Waals surface area contributed by atoms with Gasteiger partial charge in [0.15, 0.2) is 0 Å². The van der Waals surface area contributed by atoms with Gasteiger partial charge >= 0.3 is 0 Å². The van der Waals surface area contributed by atoms with Crippen molar-refractivity contribution in [1.29, 1.82) is 0 Å². The van der Waals surface area contributed by atoms with Crippen LogP contribution in [0.4, 0.5) is 0 Å². The number of nitrogens with two attached hydrogens (primary N) is 1. The van der Waals surface area contributed by atoms with Crippen LogP contribution in [0.3, 0.4) is 0 Å². The van der Waals surface area contributed by atoms with Crippen LogP contribution in [0.5, 0.6) is 0 Å². The molecule has 0 bridgehead atoms. The van der Waals surface area contributed by atoms with Crippen LogP contribution in [-0.2, 0) is 4.79 Å². The SMILES string of the molecule is CC(C)N(C(C)C)C(S)CC(N)=O. The number of nitrogens with zero attached hydrogens (tertiary/aromatic N) is 1. The summed E-state index contributed by atoms with van der Waals surface area (Å²) in [5.41, 5.74) is 5.12. The Hall–Kier alpha value is -0.220. The normalized spacial score (nSPS) is 14.2. The number of thiol groups is 1. The third-order valence-corrected chi connectivity index (χ3v) is 2.37. The fourth-order valence-electron chi connectivity index (χ4n) is 1.57. The number of hydrogen-bond donors (Lipinski definition) is 2. The summed E-state index contributed by atoms with van der Waals surface area (Å²) in [5, 5.41) is -0.0718. The molecule has 0 fully saturated rings. The van der Waals surface area contributed by atoms with Crippen LogP contribution in [0.1, 0.15) is 34.1 Å². The van der Waals surface area contributed by atoms with Crippen molar-refractivity contribution in [2.45, 2.75) is 51.6 Å². The number of carbonyl (C=O) groups excluding carboxylic acids is 1. The van der Waals surface area contributed by atoms with Crippen LogP contribution < -0.4 is 5.73 Å². The zero-order chi connectivity index (χ0) is 10.6. The van der Waals surface area contributed by atoms with E-state index < -0.39 is 0 Å². The minimum atomic E-state index is -0.300. The second kappa shape index (κ2) is 5.50. The van der Waals surface area contributed by atoms with Crippen LogP contribution in [0.2, 0.25) is 0 Å². The lowest BCUT2D eigenvalue weighted by Gasteiger charge is -2.34. The molecule has 78 valence electrons. The smallest absolute Gasteiger partial charge is 0.219 e. The first-order valence-electron chi connectivity index (χ1n) is 4.60. The fourth-order valence-corrected chi connectivity index (χ4v) is 2.28. The summed E-state index contributed by atoms with van der Waals surface area (Å²) in [4.78, 5) is 12.9. The molecule has 0 aliphatic carbocycles. The first-order chi connectivity index (χ1) is 5.86. The van der Waals surface area contributed by atoms with Gasteiger partial charge in [-0.3, -0.25) is 9.69 Å². The summed E-state index contributed by atoms with van der Waals surface area (Å²) in [6.07, 6.45) is 0.305. The highest BCUT2D eigenvalue weighted by Crippen LogP contribution is 2.16. The van der Waals surface area contributed by atoms with Crippen molar-refractivity contribution in [3.05, 3.63) is 0 Å². The predicted molar refractivity (Wildman–Crippen MR) is 58.7 cm³/mol. The Morgan fingerprint density at radius 2 is 1.69 bits per heavy atom. The van der Waals surface area contributed by atoms with Crippen LogP contribution in [-0.4, -0.2) is 28.3 Å². The first-order valence-corrected chi connectivity index (χ1v) is 5.11. The van der Waals surface area contributed by atoms with Gasteiger partial charge in [-0.15, -0.1) is 0 Å². The van der Waals surface area contributed by atoms with Gasteiger partial charge in [-0.1, -0.05) is 0 Å². The standard InChI is InChI=1S/C9H20N2OS/c1-6(2)11(7(3)4)9(13)5-8(10)12/h6-7,9,13H,5H2,1-4H3,(H2,10,12). The second-order valence-electron chi connectivity index (χ2n) is 3.79. The molecule has 0 saturated heterocycles. The third kappa shape index (κ3) is 4.52. The van der Waals surface area contributed by atoms with Gasteiger partial charge in [0, 0.05) is 12.1 Å². The number of primary amides is 1. The van der Waals surface area contributed by atoms with Gasteiger partial charge in [-0.2, -0.15) is 12.6 Å². The van der Waals surface area contributed by atoms with E-state index in [1.54, 1.807) is 0 Å². The highest BCUT2D eigenvalue weighted by atomic mass is 32.1. The highest BCUT2D eigenvalue weighted by molar-refractivity contribution is 7.80. The topological polar surface area (TPSA) is 46.3 Å². The zero-order valence-corrected chi connectivity index (χ0v) is 9.71. The van der Waals surface area contributed by atoms with Crippen molar-refractivity contribution in [1.82, 2.24) is 4.90 Å². The van der Waals surface area contributed by atoms with E-state index in [0.29, 0.717) is 18.5 Å². The zero-order valence-electron chi connectivity index (χ0n) is 8.82. The monoisotopic (exact) mass is 204 g/mol. The molecule has 1 unspecified atom stereocenters. The Bertz CT molecular complexity index is 163. The van der Waals surface area contributed by atoms with Gasteiger partial charge in [-0.05, 0) is 27.7 Å². The third-order valence-electron chi connectivity index (χ3n) is 1.92. The van der Waals surface area contributed by atoms with Crippen molar-refractivity contribution in [2.24, 2.45) is 5.73 Å². The molecule has 0 heterocycles. The highest BCUT2D eigenvalue weighted by Gasteiger charge is 2.21. The molecule has 4 heteroatoms. The molecule has 0 aromatic heterocycles. The fraction of sp³-hybridized carbons (Fsp3) is 0.889. The lowest BCUT2D eigenvalue weighted by Crippen LogP contribution is -2.44. The largest absolute Gasteiger partial charge is 0.370 e. The average molecular weight is 204 g/mol. The number of carbonyl (C=O) groups is 1. The molecule has 0 rings (SSSR count). The molecule has 0 radical (unpaired) electrons. The summed E-state index contributed by atoms with van der Waals surface area (Å²) in [6.45, 7) is 8.35. The molecule has 2 N–H and O–H groups in total. The molecule has 0 aromatic rings. The molecule has 1 amide bonds. The van der Waals surface area contributed by atoms with E-state index in [2.05, 4.69) is 45.2 Å². The maximum Gasteiger partial charge on any atom is 0.219 e. The van der Waals surface area contributed by atoms with E-state index in [9.17, 15) is 4.79 Å². The molecule has 0 aromatic carbocycles. The summed E-state index contributed by atoms with van der Waals surface area (Å²) >= 11 is 4.37. The lowest BCUT2D eigenvalue weighted by molar-refractivity contribution is -0.118. The van der Waals surface area contributed by atoms with Gasteiger partial charge in [-0.25, -0.2) is 0 Å². The van der Waals surface area contributed by atoms with E-state index in [4.69, 9.17) is 5.73 Å². The first kappa shape index (κ1) is 12.8. The van der Waals surface area contributed by atoms with E-state index in [1.807, 2.05) is 0 Å². The predicted octanol–water partition coefficient (Wildman–Crippen LogP) is 1.24. The van der Waals surface area contributed by atoms with Gasteiger partial charge in [0.1, 0.15) is 0 Å². The maximum absolute atomic E-state index is 10.7. The molecule has 3 nitrogen and oxygen atoms in total. The molecule has 0 saturated carbocycles. The van der Waals surface area contributed by atoms with Crippen molar-refractivity contribution < 1.29 is 4.79 Å². The van der Waals surface area contributed by atoms with Crippen LogP contribution in [0, 0.1) is 0 Å². The molecule has 0 aliphatic rings. The van der Waals surface area contributed by atoms with Crippen molar-refractivity contribution in [3.63, 3.8) is 0 Å². The summed E-state index contributed by atoms with van der Waals surface area (Å²) in [6, 6.07) is 0.753. The van der Waals surface area contributed by atoms with Crippen molar-refractivity contribution in [3.8, 4) is 0 Å². The van der Waals surface area contributed by atoms with E-state index in [0.717, 1.165) is 0 Å². The summed E-state index contributed by atoms with van der Waals surface area (Å²) in [5.74, 6) is -0.300. The summed E-state index contributed by atoms with van der Waals surface area (Å²) in [7, 11) is 0. The summed E-state index contributed by atoms with van der Waals surface area (Å²) < 4.78 is 0. The minimum Gasteiger partial charge on any atom is -0.370 e. The minimum absolute atomic E-state index is 0.0718. The van der Waals surface area contributed by atoms with Crippen LogP contribution >= 0.6 is 12.6 Å². The Morgan fingerprint density at radius 3 is 1.92 bits per heavy atom. The van der Waals surface area contributed by atoms with Crippen LogP contribution in [0.25, 0.3) is 0 Å². The molecule has 0 spiro atoms. The molecule has 1 atom stereocenters. The Kier molecular flexibility index (Phi) is 5.40. The number of amides is 1. The second-order valence-corrected chi connectivity index (χ2v) is 4.38. The van der Waals surface area contributed by atoms with Gasteiger partial charge in [0.2, 0.25) is 5.91 Å². The lowest BCUT2D eigenvalue weighted by atomic mass is 10.2. The Balaban J connectivity index is 4.28. The Labute approximate surface area is 86.1 Å². The number of hydrogen-bond acceptors (Lipinski definition) is 3. The molecular formula is C9H20N2OS. The van der Waals surface area contributed by atoms with Crippen molar-refractivity contribution in [2.75, 3.05) is 0 Å². The average Bonchev–Trinajstić information content (AvgIpc) is 1.81. The van der Waals surface area contributed by atoms with E-state index in [-0.39, 0.29) is 11.3 Å². The number of rotatable bonds is 5. The van der Waals surface area contributed by atoms with E-state index >= 15 is 0 Å². The maximum atomic E-state index is 10.7.